The predicted octanol–water partition coefficient (Wildman–Crippen LogP) is 2.43. The Labute approximate surface area is 175 Å². The fourth-order valence-electron chi connectivity index (χ4n) is 4.57. The van der Waals surface area contributed by atoms with E-state index in [1.165, 1.54) is 0 Å². The number of amides is 2. The lowest BCUT2D eigenvalue weighted by atomic mass is 10.1. The number of anilines is 1. The molecule has 5 rings (SSSR count). The van der Waals surface area contributed by atoms with E-state index in [1.54, 1.807) is 53.4 Å². The highest BCUT2D eigenvalue weighted by Crippen LogP contribution is 2.39. The van der Waals surface area contributed by atoms with Crippen molar-refractivity contribution in [2.45, 2.75) is 29.8 Å². The number of sulfonamides is 1. The van der Waals surface area contributed by atoms with Gasteiger partial charge in [-0.05, 0) is 43.0 Å². The molecule has 2 heterocycles. The molecule has 2 fully saturated rings. The maximum Gasteiger partial charge on any atom is 0.322 e. The summed E-state index contributed by atoms with van der Waals surface area (Å²) in [5, 5.41) is 2.91. The fourth-order valence-corrected chi connectivity index (χ4v) is 5.87. The Morgan fingerprint density at radius 1 is 1.00 bits per heavy atom. The second kappa shape index (κ2) is 7.48. The van der Waals surface area contributed by atoms with Gasteiger partial charge in [0, 0.05) is 24.3 Å². The Kier molecular flexibility index (Phi) is 4.79. The third kappa shape index (κ3) is 3.59. The molecule has 2 N–H and O–H groups in total. The van der Waals surface area contributed by atoms with Crippen LogP contribution in [0, 0.1) is 5.92 Å². The highest BCUT2D eigenvalue weighted by Gasteiger charge is 2.48. The average molecular weight is 429 g/mol. The number of hydrogen-bond donors (Lipinski definition) is 2. The molecule has 2 aromatic carbocycles. The van der Waals surface area contributed by atoms with Crippen LogP contribution in [-0.2, 0) is 10.0 Å². The van der Waals surface area contributed by atoms with E-state index in [0.29, 0.717) is 42.9 Å². The summed E-state index contributed by atoms with van der Waals surface area (Å²) in [7, 11) is -3.62. The third-order valence-electron chi connectivity index (χ3n) is 5.90. The first-order chi connectivity index (χ1) is 14.5. The maximum atomic E-state index is 12.9. The van der Waals surface area contributed by atoms with Gasteiger partial charge in [-0.25, -0.2) is 17.9 Å². The van der Waals surface area contributed by atoms with Gasteiger partial charge in [-0.15, -0.1) is 0 Å². The minimum Gasteiger partial charge on any atom is -0.486 e. The van der Waals surface area contributed by atoms with E-state index in [1.807, 2.05) is 0 Å². The van der Waals surface area contributed by atoms with Crippen molar-refractivity contribution in [2.24, 2.45) is 5.92 Å². The number of fused-ring (bicyclic) bond motifs is 3. The molecule has 0 radical (unpaired) electrons. The number of ether oxygens (including phenoxy) is 2. The van der Waals surface area contributed by atoms with Crippen LogP contribution in [0.3, 0.4) is 0 Å². The van der Waals surface area contributed by atoms with Crippen LogP contribution in [0.2, 0.25) is 0 Å². The molecule has 2 bridgehead atoms. The summed E-state index contributed by atoms with van der Waals surface area (Å²) < 4.78 is 39.3. The van der Waals surface area contributed by atoms with Gasteiger partial charge in [0.05, 0.1) is 10.9 Å². The topological polar surface area (TPSA) is 97.0 Å². The predicted molar refractivity (Wildman–Crippen MR) is 110 cm³/mol. The minimum absolute atomic E-state index is 0.161. The molecule has 1 saturated carbocycles. The number of rotatable bonds is 4. The summed E-state index contributed by atoms with van der Waals surface area (Å²) in [6.07, 6.45) is 1.54. The first-order valence-electron chi connectivity index (χ1n) is 10.0. The van der Waals surface area contributed by atoms with Crippen molar-refractivity contribution in [3.63, 3.8) is 0 Å². The number of hydrogen-bond acceptors (Lipinski definition) is 5. The minimum atomic E-state index is -3.62. The van der Waals surface area contributed by atoms with Crippen molar-refractivity contribution in [3.05, 3.63) is 48.5 Å². The van der Waals surface area contributed by atoms with Gasteiger partial charge in [0.2, 0.25) is 10.0 Å². The highest BCUT2D eigenvalue weighted by molar-refractivity contribution is 7.89. The van der Waals surface area contributed by atoms with Crippen molar-refractivity contribution in [1.82, 2.24) is 9.62 Å². The van der Waals surface area contributed by atoms with Crippen molar-refractivity contribution >= 4 is 21.7 Å². The Morgan fingerprint density at radius 3 is 2.53 bits per heavy atom. The number of nitrogens with one attached hydrogen (secondary N) is 2. The second-order valence-corrected chi connectivity index (χ2v) is 9.60. The summed E-state index contributed by atoms with van der Waals surface area (Å²) in [6, 6.07) is 12.9. The summed E-state index contributed by atoms with van der Waals surface area (Å²) in [5.74, 6) is 1.56. The maximum absolute atomic E-state index is 12.9. The number of urea groups is 1. The van der Waals surface area contributed by atoms with E-state index in [4.69, 9.17) is 9.47 Å². The van der Waals surface area contributed by atoms with E-state index < -0.39 is 10.0 Å². The first kappa shape index (κ1) is 19.2. The van der Waals surface area contributed by atoms with Gasteiger partial charge >= 0.3 is 6.03 Å². The lowest BCUT2D eigenvalue weighted by molar-refractivity contribution is 0.171. The Morgan fingerprint density at radius 2 is 1.77 bits per heavy atom. The van der Waals surface area contributed by atoms with E-state index in [-0.39, 0.29) is 23.0 Å². The molecular formula is C21H23N3O5S. The Hall–Kier alpha value is -2.78. The van der Waals surface area contributed by atoms with Gasteiger partial charge in [-0.1, -0.05) is 18.2 Å². The molecule has 2 aliphatic heterocycles. The molecule has 1 aliphatic carbocycles. The van der Waals surface area contributed by atoms with Crippen LogP contribution in [0.25, 0.3) is 0 Å². The van der Waals surface area contributed by atoms with Crippen LogP contribution in [0.15, 0.2) is 53.4 Å². The molecule has 2 aromatic rings. The van der Waals surface area contributed by atoms with Crippen LogP contribution in [0.1, 0.15) is 12.8 Å². The fraction of sp³-hybridized carbons (Fsp3) is 0.381. The number of nitrogens with zero attached hydrogens (tertiary/aromatic N) is 1. The zero-order valence-electron chi connectivity index (χ0n) is 16.3. The first-order valence-corrected chi connectivity index (χ1v) is 11.5. The smallest absolute Gasteiger partial charge is 0.322 e. The normalized spacial score (nSPS) is 24.7. The Balaban J connectivity index is 1.28. The molecule has 3 atom stereocenters. The molecule has 2 amide bonds. The number of likely N-dealkylation sites (tertiary alicyclic amines) is 1. The molecule has 0 aromatic heterocycles. The lowest BCUT2D eigenvalue weighted by Crippen LogP contribution is -2.52. The molecule has 8 nitrogen and oxygen atoms in total. The van der Waals surface area contributed by atoms with Gasteiger partial charge in [-0.3, -0.25) is 0 Å². The van der Waals surface area contributed by atoms with Gasteiger partial charge in [0.1, 0.15) is 13.2 Å². The largest absolute Gasteiger partial charge is 0.486 e. The van der Waals surface area contributed by atoms with E-state index in [9.17, 15) is 13.2 Å². The lowest BCUT2D eigenvalue weighted by Gasteiger charge is -2.33. The summed E-state index contributed by atoms with van der Waals surface area (Å²) in [5.41, 5.74) is 0.619. The van der Waals surface area contributed by atoms with Crippen molar-refractivity contribution in [1.29, 1.82) is 0 Å². The molecule has 0 unspecified atom stereocenters. The van der Waals surface area contributed by atoms with Crippen molar-refractivity contribution in [2.75, 3.05) is 25.1 Å². The van der Waals surface area contributed by atoms with Gasteiger partial charge in [0.25, 0.3) is 0 Å². The number of benzene rings is 2. The third-order valence-corrected chi connectivity index (χ3v) is 7.40. The monoisotopic (exact) mass is 429 g/mol. The summed E-state index contributed by atoms with van der Waals surface area (Å²) >= 11 is 0. The quantitative estimate of drug-likeness (QED) is 0.778. The number of piperidine rings is 1. The standard InChI is InChI=1S/C21H23N3O5S/c25-21(22-15-6-7-19-20(12-15)29-9-8-28-19)24-13-14-10-17(18(24)11-14)23-30(26,27)16-4-2-1-3-5-16/h1-7,12,14,17-18,23H,8-11,13H2,(H,22,25)/t14-,17+,18-/m1/s1. The van der Waals surface area contributed by atoms with Crippen LogP contribution >= 0.6 is 0 Å². The molecule has 9 heteroatoms. The highest BCUT2D eigenvalue weighted by atomic mass is 32.2. The summed E-state index contributed by atoms with van der Waals surface area (Å²) in [6.45, 7) is 1.62. The van der Waals surface area contributed by atoms with E-state index in [0.717, 1.165) is 12.8 Å². The van der Waals surface area contributed by atoms with Crippen LogP contribution in [-0.4, -0.2) is 51.2 Å². The van der Waals surface area contributed by atoms with Gasteiger partial charge < -0.3 is 19.7 Å². The number of carbonyl (C=O) groups is 1. The van der Waals surface area contributed by atoms with Crippen LogP contribution in [0.4, 0.5) is 10.5 Å². The van der Waals surface area contributed by atoms with E-state index in [2.05, 4.69) is 10.0 Å². The van der Waals surface area contributed by atoms with Crippen molar-refractivity contribution < 1.29 is 22.7 Å². The SMILES string of the molecule is O=C(Nc1ccc2c(c1)OCCO2)N1C[C@@H]2C[C@H](NS(=O)(=O)c3ccccc3)[C@H]1C2. The zero-order valence-corrected chi connectivity index (χ0v) is 17.1. The second-order valence-electron chi connectivity index (χ2n) is 7.89. The van der Waals surface area contributed by atoms with Crippen LogP contribution < -0.4 is 19.5 Å². The molecule has 158 valence electrons. The Bertz CT molecular complexity index is 1060. The zero-order chi connectivity index (χ0) is 20.7. The molecule has 1 saturated heterocycles. The molecule has 3 aliphatic rings. The van der Waals surface area contributed by atoms with Crippen molar-refractivity contribution in [3.8, 4) is 11.5 Å². The van der Waals surface area contributed by atoms with E-state index >= 15 is 0 Å². The van der Waals surface area contributed by atoms with Crippen LogP contribution in [0.5, 0.6) is 11.5 Å². The molecule has 0 spiro atoms. The van der Waals surface area contributed by atoms with Gasteiger partial charge in [0.15, 0.2) is 11.5 Å². The summed E-state index contributed by atoms with van der Waals surface area (Å²) in [4.78, 5) is 14.9. The molecule has 30 heavy (non-hydrogen) atoms. The van der Waals surface area contributed by atoms with Gasteiger partial charge in [-0.2, -0.15) is 0 Å². The number of carbonyl (C=O) groups excluding carboxylic acids is 1. The molecular weight excluding hydrogens is 406 g/mol. The average Bonchev–Trinajstić information content (AvgIpc) is 3.34.